The van der Waals surface area contributed by atoms with E-state index in [4.69, 9.17) is 5.11 Å². The lowest BCUT2D eigenvalue weighted by Gasteiger charge is -2.11. The fourth-order valence-electron chi connectivity index (χ4n) is 2.22. The summed E-state index contributed by atoms with van der Waals surface area (Å²) in [5.41, 5.74) is -0.642. The molecule has 0 spiro atoms. The molecule has 0 bridgehead atoms. The molecule has 0 aliphatic carbocycles. The van der Waals surface area contributed by atoms with Gasteiger partial charge in [-0.2, -0.15) is 0 Å². The van der Waals surface area contributed by atoms with Crippen molar-refractivity contribution in [3.63, 3.8) is 0 Å². The summed E-state index contributed by atoms with van der Waals surface area (Å²) in [7, 11) is 0. The Labute approximate surface area is 109 Å². The molecule has 1 unspecified atom stereocenters. The Balaban J connectivity index is 1.96. The average Bonchev–Trinajstić information content (AvgIpc) is 2.87. The predicted octanol–water partition coefficient (Wildman–Crippen LogP) is 2.07. The van der Waals surface area contributed by atoms with E-state index in [1.807, 2.05) is 0 Å². The number of carbonyl (C=O) groups is 1. The third-order valence-corrected chi connectivity index (χ3v) is 3.34. The molecule has 2 rings (SSSR count). The number of hydrogen-bond acceptors (Lipinski definition) is 3. The topological polar surface area (TPSA) is 61.4 Å². The van der Waals surface area contributed by atoms with Crippen molar-refractivity contribution in [2.45, 2.75) is 12.8 Å². The van der Waals surface area contributed by atoms with Crippen molar-refractivity contribution in [1.29, 1.82) is 0 Å². The van der Waals surface area contributed by atoms with Crippen LogP contribution in [-0.4, -0.2) is 30.7 Å². The lowest BCUT2D eigenvalue weighted by atomic mass is 10.1. The summed E-state index contributed by atoms with van der Waals surface area (Å²) in [4.78, 5) is 10.6. The van der Waals surface area contributed by atoms with Gasteiger partial charge in [-0.3, -0.25) is 0 Å². The molecular weight excluding hydrogens is 254 g/mol. The van der Waals surface area contributed by atoms with Gasteiger partial charge in [-0.1, -0.05) is 0 Å². The molecule has 4 nitrogen and oxygen atoms in total. The maximum atomic E-state index is 13.6. The monoisotopic (exact) mass is 270 g/mol. The van der Waals surface area contributed by atoms with Gasteiger partial charge in [0.1, 0.15) is 0 Å². The second-order valence-electron chi connectivity index (χ2n) is 4.67. The largest absolute Gasteiger partial charge is 0.478 e. The van der Waals surface area contributed by atoms with Crippen molar-refractivity contribution in [3.05, 3.63) is 29.3 Å². The van der Waals surface area contributed by atoms with E-state index in [1.165, 1.54) is 6.07 Å². The van der Waals surface area contributed by atoms with E-state index in [0.717, 1.165) is 32.0 Å². The summed E-state index contributed by atoms with van der Waals surface area (Å²) in [6, 6.07) is 2.33. The molecule has 19 heavy (non-hydrogen) atoms. The highest BCUT2D eigenvalue weighted by molar-refractivity contribution is 5.88. The number of aromatic carboxylic acids is 1. The molecule has 6 heteroatoms. The second-order valence-corrected chi connectivity index (χ2v) is 4.67. The average molecular weight is 270 g/mol. The first-order valence-corrected chi connectivity index (χ1v) is 6.25. The van der Waals surface area contributed by atoms with Crippen molar-refractivity contribution >= 4 is 11.7 Å². The van der Waals surface area contributed by atoms with Crippen LogP contribution in [0.1, 0.15) is 23.2 Å². The van der Waals surface area contributed by atoms with E-state index in [2.05, 4.69) is 10.6 Å². The Morgan fingerprint density at radius 3 is 2.84 bits per heavy atom. The van der Waals surface area contributed by atoms with Crippen LogP contribution in [0.3, 0.4) is 0 Å². The van der Waals surface area contributed by atoms with Gasteiger partial charge in [0.15, 0.2) is 11.6 Å². The molecule has 1 fully saturated rings. The van der Waals surface area contributed by atoms with E-state index < -0.39 is 23.2 Å². The SMILES string of the molecule is O=C(O)c1ccc(NCCC2CCNC2)c(F)c1F. The number of hydrogen-bond donors (Lipinski definition) is 3. The Bertz CT molecular complexity index is 474. The van der Waals surface area contributed by atoms with E-state index in [1.54, 1.807) is 0 Å². The number of rotatable bonds is 5. The van der Waals surface area contributed by atoms with Crippen LogP contribution in [0.15, 0.2) is 12.1 Å². The standard InChI is InChI=1S/C13H16F2N2O2/c14-11-9(13(18)19)1-2-10(12(11)15)17-6-4-8-3-5-16-7-8/h1-2,8,16-17H,3-7H2,(H,18,19). The quantitative estimate of drug-likeness (QED) is 0.766. The fourth-order valence-corrected chi connectivity index (χ4v) is 2.22. The van der Waals surface area contributed by atoms with Gasteiger partial charge in [0.05, 0.1) is 11.3 Å². The Morgan fingerprint density at radius 1 is 1.42 bits per heavy atom. The molecule has 1 heterocycles. The van der Waals surface area contributed by atoms with Gasteiger partial charge in [0.2, 0.25) is 0 Å². The summed E-state index contributed by atoms with van der Waals surface area (Å²) < 4.78 is 27.0. The Hall–Kier alpha value is -1.69. The van der Waals surface area contributed by atoms with E-state index in [0.29, 0.717) is 12.5 Å². The van der Waals surface area contributed by atoms with Crippen LogP contribution in [0.4, 0.5) is 14.5 Å². The van der Waals surface area contributed by atoms with Crippen LogP contribution >= 0.6 is 0 Å². The summed E-state index contributed by atoms with van der Waals surface area (Å²) in [6.07, 6.45) is 1.96. The number of anilines is 1. The van der Waals surface area contributed by atoms with Crippen LogP contribution < -0.4 is 10.6 Å². The number of carboxylic acid groups (broad SMARTS) is 1. The molecule has 1 aromatic rings. The Kier molecular flexibility index (Phi) is 4.31. The molecule has 1 atom stereocenters. The highest BCUT2D eigenvalue weighted by atomic mass is 19.2. The third-order valence-electron chi connectivity index (χ3n) is 3.34. The van der Waals surface area contributed by atoms with Crippen LogP contribution in [0.25, 0.3) is 0 Å². The van der Waals surface area contributed by atoms with E-state index in [-0.39, 0.29) is 5.69 Å². The van der Waals surface area contributed by atoms with Gasteiger partial charge in [-0.15, -0.1) is 0 Å². The molecule has 104 valence electrons. The van der Waals surface area contributed by atoms with Crippen LogP contribution in [0.2, 0.25) is 0 Å². The summed E-state index contributed by atoms with van der Waals surface area (Å²) in [5, 5.41) is 14.7. The van der Waals surface area contributed by atoms with Gasteiger partial charge < -0.3 is 15.7 Å². The summed E-state index contributed by atoms with van der Waals surface area (Å²) in [6.45, 7) is 2.49. The zero-order valence-corrected chi connectivity index (χ0v) is 10.4. The smallest absolute Gasteiger partial charge is 0.338 e. The van der Waals surface area contributed by atoms with Gasteiger partial charge in [-0.05, 0) is 44.0 Å². The minimum atomic E-state index is -1.47. The highest BCUT2D eigenvalue weighted by Gasteiger charge is 2.18. The molecule has 1 aliphatic heterocycles. The van der Waals surface area contributed by atoms with Gasteiger partial charge >= 0.3 is 5.97 Å². The predicted molar refractivity (Wildman–Crippen MR) is 67.4 cm³/mol. The maximum absolute atomic E-state index is 13.6. The zero-order valence-electron chi connectivity index (χ0n) is 10.4. The molecule has 0 aromatic heterocycles. The lowest BCUT2D eigenvalue weighted by Crippen LogP contribution is -2.14. The number of benzene rings is 1. The molecule has 1 aliphatic rings. The van der Waals surface area contributed by atoms with E-state index >= 15 is 0 Å². The molecule has 1 saturated heterocycles. The zero-order chi connectivity index (χ0) is 13.8. The van der Waals surface area contributed by atoms with Crippen molar-refractivity contribution in [3.8, 4) is 0 Å². The number of carboxylic acids is 1. The first-order chi connectivity index (χ1) is 9.09. The second kappa shape index (κ2) is 5.97. The van der Waals surface area contributed by atoms with Crippen LogP contribution in [0, 0.1) is 17.6 Å². The first kappa shape index (κ1) is 13.7. The van der Waals surface area contributed by atoms with Crippen LogP contribution in [0.5, 0.6) is 0 Å². The van der Waals surface area contributed by atoms with Gasteiger partial charge in [0, 0.05) is 6.54 Å². The normalized spacial score (nSPS) is 18.5. The van der Waals surface area contributed by atoms with Crippen molar-refractivity contribution in [2.24, 2.45) is 5.92 Å². The third kappa shape index (κ3) is 3.20. The minimum absolute atomic E-state index is 0.00783. The number of halogens is 2. The molecule has 3 N–H and O–H groups in total. The molecule has 0 amide bonds. The first-order valence-electron chi connectivity index (χ1n) is 6.25. The minimum Gasteiger partial charge on any atom is -0.478 e. The number of nitrogens with one attached hydrogen (secondary N) is 2. The molecular formula is C13H16F2N2O2. The molecule has 0 radical (unpaired) electrons. The van der Waals surface area contributed by atoms with Crippen LogP contribution in [-0.2, 0) is 0 Å². The van der Waals surface area contributed by atoms with Crippen molar-refractivity contribution < 1.29 is 18.7 Å². The van der Waals surface area contributed by atoms with Gasteiger partial charge in [0.25, 0.3) is 0 Å². The fraction of sp³-hybridized carbons (Fsp3) is 0.462. The van der Waals surface area contributed by atoms with Crippen molar-refractivity contribution in [2.75, 3.05) is 25.0 Å². The molecule has 0 saturated carbocycles. The summed E-state index contributed by atoms with van der Waals surface area (Å²) >= 11 is 0. The lowest BCUT2D eigenvalue weighted by molar-refractivity contribution is 0.0690. The van der Waals surface area contributed by atoms with E-state index in [9.17, 15) is 13.6 Å². The summed E-state index contributed by atoms with van der Waals surface area (Å²) in [5.74, 6) is -3.37. The maximum Gasteiger partial charge on any atom is 0.338 e. The highest BCUT2D eigenvalue weighted by Crippen LogP contribution is 2.21. The Morgan fingerprint density at radius 2 is 2.21 bits per heavy atom. The van der Waals surface area contributed by atoms with Crippen molar-refractivity contribution in [1.82, 2.24) is 5.32 Å². The molecule has 1 aromatic carbocycles. The van der Waals surface area contributed by atoms with Gasteiger partial charge in [-0.25, -0.2) is 13.6 Å².